The van der Waals surface area contributed by atoms with Crippen LogP contribution in [0, 0.1) is 5.92 Å². The predicted octanol–water partition coefficient (Wildman–Crippen LogP) is 6.83. The number of nitrogens with two attached hydrogens (primary N) is 2. The van der Waals surface area contributed by atoms with E-state index in [9.17, 15) is 4.79 Å². The number of hydrogen-bond acceptors (Lipinski definition) is 8. The fourth-order valence-electron chi connectivity index (χ4n) is 6.00. The van der Waals surface area contributed by atoms with Crippen LogP contribution in [0.2, 0.25) is 0 Å². The van der Waals surface area contributed by atoms with Crippen LogP contribution in [-0.2, 0) is 4.79 Å². The van der Waals surface area contributed by atoms with E-state index in [0.29, 0.717) is 17.3 Å². The fraction of sp³-hybridized carbons (Fsp3) is 0.381. The van der Waals surface area contributed by atoms with Crippen LogP contribution in [0.1, 0.15) is 55.7 Å². The van der Waals surface area contributed by atoms with Gasteiger partial charge in [0.15, 0.2) is 0 Å². The van der Waals surface area contributed by atoms with Gasteiger partial charge >= 0.3 is 57.4 Å². The number of anilines is 6. The van der Waals surface area contributed by atoms with Crippen molar-refractivity contribution in [3.8, 4) is 0 Å². The Morgan fingerprint density at radius 1 is 0.655 bits per heavy atom. The second-order valence-electron chi connectivity index (χ2n) is 13.7. The molecule has 2 aliphatic rings. The van der Waals surface area contributed by atoms with Crippen molar-refractivity contribution >= 4 is 83.0 Å². The molecule has 6 N–H and O–H groups in total. The van der Waals surface area contributed by atoms with Gasteiger partial charge in [-0.05, 0) is 84.9 Å². The molecule has 0 amide bonds. The van der Waals surface area contributed by atoms with Gasteiger partial charge in [-0.1, -0.05) is 74.4 Å². The number of carbonyl (C=O) groups is 1. The maximum atomic E-state index is 9.70. The molecule has 0 spiro atoms. The summed E-state index contributed by atoms with van der Waals surface area (Å²) >= 11 is 6.98. The molecule has 3 heterocycles. The zero-order valence-corrected chi connectivity index (χ0v) is 37.7. The molecular formula is C42H59Br2KN8O2. The minimum absolute atomic E-state index is 0. The molecule has 5 aromatic rings. The molecule has 1 aromatic heterocycles. The maximum Gasteiger partial charge on any atom is 1.00 e. The number of nitrogens with zero attached hydrogens (tertiary/aromatic N) is 5. The summed E-state index contributed by atoms with van der Waals surface area (Å²) in [6.07, 6.45) is 0. The zero-order chi connectivity index (χ0) is 37.4. The molecule has 2 aliphatic heterocycles. The Balaban J connectivity index is 0.000000465. The standard InChI is InChI=1S/C20H23BrN4.C16H19BrN4.C4H8O2.2CH4.K.H/c1-14(2)20-22-18-8-7-17(13-19(18)23-20)25-11-9-24(10-12-25)16-5-3-15(21)4-6-16;17-12-1-3-13(4-2-12)20-7-9-21(10-8-20)14-5-6-15(18)16(19)11-14;1-3(2)4(5)6;;;;/h3-8,13-14H,9-12H2,1-2H3,(H,22,23);1-6,11H,7-10,18-19H2;3H,1-2H3,(H,5,6);2*1H4;;/q;;;;;+1;-1. The summed E-state index contributed by atoms with van der Waals surface area (Å²) in [5.74, 6) is 0.512. The number of nitrogen functional groups attached to an aromatic ring is 2. The molecule has 10 nitrogen and oxygen atoms in total. The van der Waals surface area contributed by atoms with Crippen LogP contribution in [0.15, 0.2) is 93.9 Å². The number of nitrogens with one attached hydrogen (secondary N) is 1. The van der Waals surface area contributed by atoms with Gasteiger partial charge in [0.05, 0.1) is 28.3 Å². The molecular weight excluding hydrogens is 847 g/mol. The van der Waals surface area contributed by atoms with E-state index >= 15 is 0 Å². The number of aliphatic carboxylic acids is 1. The normalized spacial score (nSPS) is 13.8. The Labute approximate surface area is 389 Å². The van der Waals surface area contributed by atoms with E-state index in [1.807, 2.05) is 18.2 Å². The van der Waals surface area contributed by atoms with Gasteiger partial charge < -0.3 is 42.6 Å². The second kappa shape index (κ2) is 22.8. The number of carboxylic acids is 1. The number of hydrogen-bond donors (Lipinski definition) is 4. The van der Waals surface area contributed by atoms with Gasteiger partial charge in [-0.25, -0.2) is 4.98 Å². The number of H-pyrrole nitrogens is 1. The minimum Gasteiger partial charge on any atom is -1.00 e. The molecule has 7 rings (SSSR count). The Morgan fingerprint density at radius 3 is 1.40 bits per heavy atom. The molecule has 13 heteroatoms. The Kier molecular flexibility index (Phi) is 20.1. The first-order valence-corrected chi connectivity index (χ1v) is 19.3. The van der Waals surface area contributed by atoms with Crippen LogP contribution in [0.3, 0.4) is 0 Å². The third kappa shape index (κ3) is 13.7. The van der Waals surface area contributed by atoms with Gasteiger partial charge in [-0.2, -0.15) is 0 Å². The summed E-state index contributed by atoms with van der Waals surface area (Å²) in [6.45, 7) is 15.8. The van der Waals surface area contributed by atoms with Gasteiger partial charge in [0.25, 0.3) is 0 Å². The molecule has 0 radical (unpaired) electrons. The summed E-state index contributed by atoms with van der Waals surface area (Å²) in [5, 5.41) is 7.99. The van der Waals surface area contributed by atoms with Gasteiger partial charge in [-0.3, -0.25) is 4.79 Å². The SMILES string of the molecule is C.C.CC(C)C(=O)O.CC(C)c1nc2ccc(N3CCN(c4ccc(Br)cc4)CC3)cc2[nH]1.Nc1ccc(N2CCN(c3ccc(Br)cc3)CC2)cc1N.[H-].[K+]. The van der Waals surface area contributed by atoms with E-state index in [1.54, 1.807) is 13.8 Å². The average Bonchev–Trinajstić information content (AvgIpc) is 3.59. The molecule has 0 atom stereocenters. The van der Waals surface area contributed by atoms with Crippen molar-refractivity contribution in [2.75, 3.05) is 83.4 Å². The van der Waals surface area contributed by atoms with E-state index in [0.717, 1.165) is 83.8 Å². The van der Waals surface area contributed by atoms with E-state index in [2.05, 4.69) is 142 Å². The molecule has 0 aliphatic carbocycles. The maximum absolute atomic E-state index is 9.70. The van der Waals surface area contributed by atoms with E-state index < -0.39 is 5.97 Å². The van der Waals surface area contributed by atoms with Crippen LogP contribution in [0.5, 0.6) is 0 Å². The van der Waals surface area contributed by atoms with E-state index in [1.165, 1.54) is 17.1 Å². The molecule has 0 bridgehead atoms. The molecule has 294 valence electrons. The predicted molar refractivity (Wildman–Crippen MR) is 240 cm³/mol. The molecule has 0 unspecified atom stereocenters. The van der Waals surface area contributed by atoms with E-state index in [-0.39, 0.29) is 73.6 Å². The largest absolute Gasteiger partial charge is 1.00 e. The Bertz CT molecular complexity index is 1910. The van der Waals surface area contributed by atoms with Crippen LogP contribution in [-0.4, -0.2) is 73.4 Å². The van der Waals surface area contributed by atoms with Crippen molar-refractivity contribution in [2.45, 2.75) is 48.5 Å². The third-order valence-electron chi connectivity index (χ3n) is 9.27. The molecule has 2 saturated heterocycles. The summed E-state index contributed by atoms with van der Waals surface area (Å²) in [5.41, 5.74) is 20.2. The van der Waals surface area contributed by atoms with Crippen LogP contribution in [0.4, 0.5) is 34.1 Å². The molecule has 4 aromatic carbocycles. The number of aromatic nitrogens is 2. The molecule has 2 fully saturated rings. The first kappa shape index (κ1) is 48.4. The summed E-state index contributed by atoms with van der Waals surface area (Å²) in [7, 11) is 0. The number of imidazole rings is 1. The molecule has 55 heavy (non-hydrogen) atoms. The number of piperazine rings is 2. The van der Waals surface area contributed by atoms with Crippen molar-refractivity contribution in [3.63, 3.8) is 0 Å². The van der Waals surface area contributed by atoms with Gasteiger partial charge in [0, 0.05) is 90.0 Å². The number of halogens is 2. The summed E-state index contributed by atoms with van der Waals surface area (Å²) in [6, 6.07) is 29.5. The minimum atomic E-state index is -0.741. The van der Waals surface area contributed by atoms with Crippen molar-refractivity contribution < 1.29 is 62.7 Å². The van der Waals surface area contributed by atoms with Crippen LogP contribution < -0.4 is 82.5 Å². The Morgan fingerprint density at radius 2 is 1.02 bits per heavy atom. The van der Waals surface area contributed by atoms with Crippen LogP contribution in [0.25, 0.3) is 11.0 Å². The number of rotatable bonds is 6. The fourth-order valence-corrected chi connectivity index (χ4v) is 6.52. The van der Waals surface area contributed by atoms with Crippen molar-refractivity contribution in [1.82, 2.24) is 9.97 Å². The van der Waals surface area contributed by atoms with Crippen LogP contribution >= 0.6 is 31.9 Å². The number of aromatic amines is 1. The van der Waals surface area contributed by atoms with Crippen molar-refractivity contribution in [3.05, 3.63) is 99.7 Å². The monoisotopic (exact) mass is 904 g/mol. The molecule has 0 saturated carbocycles. The third-order valence-corrected chi connectivity index (χ3v) is 10.3. The summed E-state index contributed by atoms with van der Waals surface area (Å²) < 4.78 is 2.24. The second-order valence-corrected chi connectivity index (χ2v) is 15.5. The first-order chi connectivity index (χ1) is 24.9. The number of carboxylic acid groups (broad SMARTS) is 1. The first-order valence-electron chi connectivity index (χ1n) is 17.8. The van der Waals surface area contributed by atoms with Gasteiger partial charge in [0.1, 0.15) is 5.82 Å². The van der Waals surface area contributed by atoms with Gasteiger partial charge in [0.2, 0.25) is 0 Å². The van der Waals surface area contributed by atoms with E-state index in [4.69, 9.17) is 16.6 Å². The smallest absolute Gasteiger partial charge is 1.00 e. The topological polar surface area (TPSA) is 131 Å². The average molecular weight is 907 g/mol. The summed E-state index contributed by atoms with van der Waals surface area (Å²) in [4.78, 5) is 27.5. The van der Waals surface area contributed by atoms with Crippen molar-refractivity contribution in [1.29, 1.82) is 0 Å². The number of fused-ring (bicyclic) bond motifs is 1. The zero-order valence-electron chi connectivity index (χ0n) is 32.4. The van der Waals surface area contributed by atoms with Gasteiger partial charge in [-0.15, -0.1) is 0 Å². The number of benzene rings is 4. The Hall–Kier alpha value is -2.78. The quantitative estimate of drug-likeness (QED) is 0.107. The van der Waals surface area contributed by atoms with Crippen molar-refractivity contribution in [2.24, 2.45) is 5.92 Å².